The summed E-state index contributed by atoms with van der Waals surface area (Å²) >= 11 is 3.41. The Morgan fingerprint density at radius 3 is 2.45 bits per heavy atom. The monoisotopic (exact) mass is 334 g/mol. The highest BCUT2D eigenvalue weighted by molar-refractivity contribution is 9.10. The van der Waals surface area contributed by atoms with E-state index in [0.29, 0.717) is 5.56 Å². The molecule has 0 aliphatic rings. The number of halogens is 1. The van der Waals surface area contributed by atoms with Crippen LogP contribution in [0.5, 0.6) is 0 Å². The van der Waals surface area contributed by atoms with Gasteiger partial charge in [-0.1, -0.05) is 28.1 Å². The molecule has 0 aliphatic heterocycles. The molecule has 1 N–H and O–H groups in total. The molecule has 0 aromatic heterocycles. The molecule has 0 atom stereocenters. The fourth-order valence-electron chi connectivity index (χ4n) is 1.77. The molecule has 2 aromatic carbocycles. The summed E-state index contributed by atoms with van der Waals surface area (Å²) in [6, 6.07) is 11.3. The lowest BCUT2D eigenvalue weighted by molar-refractivity contribution is -0.127. The van der Waals surface area contributed by atoms with E-state index in [1.807, 2.05) is 30.3 Å². The molecule has 0 aliphatic carbocycles. The molecule has 2 amide bonds. The minimum absolute atomic E-state index is 0.00417. The second-order valence-corrected chi connectivity index (χ2v) is 5.59. The van der Waals surface area contributed by atoms with Gasteiger partial charge < -0.3 is 10.2 Å². The normalized spacial score (nSPS) is 10.3. The quantitative estimate of drug-likeness (QED) is 0.937. The summed E-state index contributed by atoms with van der Waals surface area (Å²) < 4.78 is 0.999. The first-order valence-corrected chi connectivity index (χ1v) is 6.94. The minimum atomic E-state index is -0.245. The Balaban J connectivity index is 2.14. The molecular formula is C15H15BrN2O2. The van der Waals surface area contributed by atoms with E-state index in [9.17, 15) is 9.59 Å². The van der Waals surface area contributed by atoms with Gasteiger partial charge in [-0.15, -0.1) is 0 Å². The molecular weight excluding hydrogens is 320 g/mol. The van der Waals surface area contributed by atoms with Crippen molar-refractivity contribution in [1.29, 1.82) is 0 Å². The summed E-state index contributed by atoms with van der Waals surface area (Å²) in [7, 11) is 3.31. The second kappa shape index (κ2) is 6.05. The summed E-state index contributed by atoms with van der Waals surface area (Å²) in [4.78, 5) is 24.9. The average molecular weight is 335 g/mol. The molecule has 4 nitrogen and oxygen atoms in total. The number of rotatable bonds is 3. The first-order chi connectivity index (χ1) is 9.47. The maximum absolute atomic E-state index is 12.0. The van der Waals surface area contributed by atoms with Crippen molar-refractivity contribution >= 4 is 38.5 Å². The van der Waals surface area contributed by atoms with E-state index < -0.39 is 0 Å². The number of hydrogen-bond donors (Lipinski definition) is 1. The van der Waals surface area contributed by atoms with Crippen LogP contribution in [-0.4, -0.2) is 37.4 Å². The summed E-state index contributed by atoms with van der Waals surface area (Å²) in [5.74, 6) is -0.381. The Hall–Kier alpha value is -1.88. The summed E-state index contributed by atoms with van der Waals surface area (Å²) in [5, 5.41) is 4.66. The van der Waals surface area contributed by atoms with E-state index in [2.05, 4.69) is 21.2 Å². The van der Waals surface area contributed by atoms with Crippen LogP contribution >= 0.6 is 15.9 Å². The molecule has 2 aromatic rings. The molecule has 0 heterocycles. The van der Waals surface area contributed by atoms with Gasteiger partial charge in [-0.2, -0.15) is 0 Å². The Morgan fingerprint density at radius 2 is 1.75 bits per heavy atom. The first kappa shape index (κ1) is 14.5. The smallest absolute Gasteiger partial charge is 0.251 e. The predicted octanol–water partition coefficient (Wildman–Crippen LogP) is 2.42. The van der Waals surface area contributed by atoms with E-state index in [4.69, 9.17) is 0 Å². The lowest BCUT2D eigenvalue weighted by Gasteiger charge is -2.11. The molecule has 104 valence electrons. The SMILES string of the molecule is CN(C)C(=O)CNC(=O)c1ccc2cc(Br)ccc2c1. The number of carbonyl (C=O) groups is 2. The van der Waals surface area contributed by atoms with Gasteiger partial charge in [0, 0.05) is 24.1 Å². The van der Waals surface area contributed by atoms with Crippen molar-refractivity contribution < 1.29 is 9.59 Å². The number of benzene rings is 2. The van der Waals surface area contributed by atoms with E-state index in [1.54, 1.807) is 20.2 Å². The van der Waals surface area contributed by atoms with Crippen LogP contribution in [0.3, 0.4) is 0 Å². The average Bonchev–Trinajstić information content (AvgIpc) is 2.43. The Kier molecular flexibility index (Phi) is 4.39. The molecule has 0 saturated heterocycles. The van der Waals surface area contributed by atoms with Crippen molar-refractivity contribution in [2.45, 2.75) is 0 Å². The molecule has 0 fully saturated rings. The van der Waals surface area contributed by atoms with Crippen molar-refractivity contribution in [3.63, 3.8) is 0 Å². The van der Waals surface area contributed by atoms with Crippen molar-refractivity contribution in [2.24, 2.45) is 0 Å². The first-order valence-electron chi connectivity index (χ1n) is 6.15. The number of fused-ring (bicyclic) bond motifs is 1. The van der Waals surface area contributed by atoms with Gasteiger partial charge in [-0.25, -0.2) is 0 Å². The molecule has 0 saturated carbocycles. The van der Waals surface area contributed by atoms with E-state index in [0.717, 1.165) is 15.2 Å². The fraction of sp³-hybridized carbons (Fsp3) is 0.200. The number of carbonyl (C=O) groups excluding carboxylic acids is 2. The third kappa shape index (κ3) is 3.36. The summed E-state index contributed by atoms with van der Waals surface area (Å²) in [6.07, 6.45) is 0. The predicted molar refractivity (Wildman–Crippen MR) is 82.7 cm³/mol. The van der Waals surface area contributed by atoms with Crippen LogP contribution in [0.25, 0.3) is 10.8 Å². The minimum Gasteiger partial charge on any atom is -0.347 e. The number of amides is 2. The Bertz CT molecular complexity index is 668. The van der Waals surface area contributed by atoms with E-state index in [1.165, 1.54) is 4.90 Å². The van der Waals surface area contributed by atoms with E-state index in [-0.39, 0.29) is 18.4 Å². The van der Waals surface area contributed by atoms with Gasteiger partial charge in [0.1, 0.15) is 0 Å². The van der Waals surface area contributed by atoms with Crippen LogP contribution in [0.4, 0.5) is 0 Å². The highest BCUT2D eigenvalue weighted by atomic mass is 79.9. The topological polar surface area (TPSA) is 49.4 Å². The van der Waals surface area contributed by atoms with Gasteiger partial charge in [-0.3, -0.25) is 9.59 Å². The third-order valence-corrected chi connectivity index (χ3v) is 3.46. The van der Waals surface area contributed by atoms with Crippen LogP contribution in [-0.2, 0) is 4.79 Å². The summed E-state index contributed by atoms with van der Waals surface area (Å²) in [5.41, 5.74) is 0.548. The van der Waals surface area contributed by atoms with Crippen molar-refractivity contribution in [3.05, 3.63) is 46.4 Å². The highest BCUT2D eigenvalue weighted by Crippen LogP contribution is 2.20. The van der Waals surface area contributed by atoms with Crippen LogP contribution in [0, 0.1) is 0 Å². The number of nitrogens with zero attached hydrogens (tertiary/aromatic N) is 1. The molecule has 0 bridgehead atoms. The molecule has 0 spiro atoms. The molecule has 0 unspecified atom stereocenters. The zero-order chi connectivity index (χ0) is 14.7. The molecule has 5 heteroatoms. The van der Waals surface area contributed by atoms with Gasteiger partial charge in [0.25, 0.3) is 5.91 Å². The molecule has 2 rings (SSSR count). The van der Waals surface area contributed by atoms with Gasteiger partial charge in [0.05, 0.1) is 6.54 Å². The van der Waals surface area contributed by atoms with Crippen LogP contribution in [0.15, 0.2) is 40.9 Å². The van der Waals surface area contributed by atoms with Crippen LogP contribution in [0.2, 0.25) is 0 Å². The number of likely N-dealkylation sites (N-methyl/N-ethyl adjacent to an activating group) is 1. The van der Waals surface area contributed by atoms with Crippen molar-refractivity contribution in [2.75, 3.05) is 20.6 Å². The third-order valence-electron chi connectivity index (χ3n) is 2.96. The maximum atomic E-state index is 12.0. The van der Waals surface area contributed by atoms with Crippen LogP contribution < -0.4 is 5.32 Å². The zero-order valence-corrected chi connectivity index (χ0v) is 12.9. The summed E-state index contributed by atoms with van der Waals surface area (Å²) in [6.45, 7) is 0.00417. The highest BCUT2D eigenvalue weighted by Gasteiger charge is 2.09. The van der Waals surface area contributed by atoms with Gasteiger partial charge in [0.15, 0.2) is 0 Å². The van der Waals surface area contributed by atoms with Crippen molar-refractivity contribution in [1.82, 2.24) is 10.2 Å². The number of nitrogens with one attached hydrogen (secondary N) is 1. The molecule has 0 radical (unpaired) electrons. The fourth-order valence-corrected chi connectivity index (χ4v) is 2.15. The number of hydrogen-bond acceptors (Lipinski definition) is 2. The van der Waals surface area contributed by atoms with Crippen molar-refractivity contribution in [3.8, 4) is 0 Å². The largest absolute Gasteiger partial charge is 0.347 e. The second-order valence-electron chi connectivity index (χ2n) is 4.68. The van der Waals surface area contributed by atoms with Crippen LogP contribution in [0.1, 0.15) is 10.4 Å². The van der Waals surface area contributed by atoms with Gasteiger partial charge >= 0.3 is 0 Å². The van der Waals surface area contributed by atoms with Gasteiger partial charge in [-0.05, 0) is 35.0 Å². The van der Waals surface area contributed by atoms with Gasteiger partial charge in [0.2, 0.25) is 5.91 Å². The Labute approximate surface area is 125 Å². The van der Waals surface area contributed by atoms with E-state index >= 15 is 0 Å². The zero-order valence-electron chi connectivity index (χ0n) is 11.3. The maximum Gasteiger partial charge on any atom is 0.251 e. The standard InChI is InChI=1S/C15H15BrN2O2/c1-18(2)14(19)9-17-15(20)12-4-3-11-8-13(16)6-5-10(11)7-12/h3-8H,9H2,1-2H3,(H,17,20). The Morgan fingerprint density at radius 1 is 1.10 bits per heavy atom. The lowest BCUT2D eigenvalue weighted by Crippen LogP contribution is -2.36. The molecule has 20 heavy (non-hydrogen) atoms. The lowest BCUT2D eigenvalue weighted by atomic mass is 10.1.